The van der Waals surface area contributed by atoms with Crippen molar-refractivity contribution in [3.8, 4) is 0 Å². The second-order valence-electron chi connectivity index (χ2n) is 6.59. The molecule has 2 unspecified atom stereocenters. The summed E-state index contributed by atoms with van der Waals surface area (Å²) in [6.07, 6.45) is -0.228. The maximum Gasteiger partial charge on any atom is 0.207 e. The fourth-order valence-electron chi connectivity index (χ4n) is 2.76. The third kappa shape index (κ3) is 7.40. The number of benzene rings is 2. The molecule has 0 aromatic heterocycles. The van der Waals surface area contributed by atoms with E-state index < -0.39 is 13.5 Å². The molecular weight excluding hydrogens is 392 g/mol. The van der Waals surface area contributed by atoms with Crippen molar-refractivity contribution < 1.29 is 14.6 Å². The Bertz CT molecular complexity index is 758. The van der Waals surface area contributed by atoms with Crippen LogP contribution >= 0.6 is 30.6 Å². The number of rotatable bonds is 9. The van der Waals surface area contributed by atoms with Crippen LogP contribution in [0.25, 0.3) is 0 Å². The summed E-state index contributed by atoms with van der Waals surface area (Å²) in [5.41, 5.74) is 1.83. The Kier molecular flexibility index (Phi) is 8.15. The van der Waals surface area contributed by atoms with E-state index in [4.69, 9.17) is 23.2 Å². The molecule has 142 valence electrons. The number of aliphatic hydroxyl groups excluding tert-OH is 1. The van der Waals surface area contributed by atoms with Gasteiger partial charge in [0.15, 0.2) is 0 Å². The van der Waals surface area contributed by atoms with Crippen LogP contribution in [0, 0.1) is 0 Å². The van der Waals surface area contributed by atoms with E-state index in [-0.39, 0.29) is 24.9 Å². The Balaban J connectivity index is 1.78. The molecule has 0 aliphatic rings. The first-order valence-corrected chi connectivity index (χ1v) is 11.2. The molecule has 4 nitrogen and oxygen atoms in total. The zero-order valence-electron chi connectivity index (χ0n) is 14.6. The molecule has 0 bridgehead atoms. The maximum atomic E-state index is 12.3. The van der Waals surface area contributed by atoms with Gasteiger partial charge in [-0.1, -0.05) is 59.6 Å². The summed E-state index contributed by atoms with van der Waals surface area (Å²) in [6, 6.07) is 14.7. The number of nitrogens with one attached hydrogen (secondary N) is 1. The molecule has 0 saturated heterocycles. The average molecular weight is 416 g/mol. The van der Waals surface area contributed by atoms with Gasteiger partial charge in [0.05, 0.1) is 22.3 Å². The van der Waals surface area contributed by atoms with E-state index in [0.29, 0.717) is 16.5 Å². The van der Waals surface area contributed by atoms with Crippen molar-refractivity contribution in [1.29, 1.82) is 0 Å². The first kappa shape index (κ1) is 21.4. The van der Waals surface area contributed by atoms with E-state index in [2.05, 4.69) is 5.32 Å². The van der Waals surface area contributed by atoms with E-state index in [0.717, 1.165) is 11.1 Å². The summed E-state index contributed by atoms with van der Waals surface area (Å²) in [7, 11) is -3.43. The van der Waals surface area contributed by atoms with Crippen LogP contribution in [-0.2, 0) is 17.1 Å². The molecular formula is C19H24Cl2NO3P. The van der Waals surface area contributed by atoms with Gasteiger partial charge >= 0.3 is 0 Å². The molecule has 0 aliphatic heterocycles. The van der Waals surface area contributed by atoms with Crippen LogP contribution < -0.4 is 5.32 Å². The molecule has 2 rings (SSSR count). The van der Waals surface area contributed by atoms with E-state index >= 15 is 0 Å². The lowest BCUT2D eigenvalue weighted by molar-refractivity contribution is 0.186. The predicted molar refractivity (Wildman–Crippen MR) is 108 cm³/mol. The van der Waals surface area contributed by atoms with Crippen molar-refractivity contribution in [3.05, 3.63) is 69.7 Å². The number of hydrogen-bond acceptors (Lipinski definition) is 3. The van der Waals surface area contributed by atoms with Gasteiger partial charge in [0.2, 0.25) is 7.37 Å². The monoisotopic (exact) mass is 415 g/mol. The van der Waals surface area contributed by atoms with E-state index in [9.17, 15) is 14.6 Å². The van der Waals surface area contributed by atoms with Gasteiger partial charge < -0.3 is 15.3 Å². The highest BCUT2D eigenvalue weighted by Gasteiger charge is 2.23. The summed E-state index contributed by atoms with van der Waals surface area (Å²) in [4.78, 5) is 10.1. The van der Waals surface area contributed by atoms with Gasteiger partial charge in [0, 0.05) is 18.7 Å². The molecule has 0 heterocycles. The van der Waals surface area contributed by atoms with E-state index in [1.165, 1.54) is 0 Å². The number of hydrogen-bond donors (Lipinski definition) is 3. The summed E-state index contributed by atoms with van der Waals surface area (Å²) in [5.74, 6) is 0. The third-order valence-corrected chi connectivity index (χ3v) is 6.59. The van der Waals surface area contributed by atoms with Crippen LogP contribution in [0.1, 0.15) is 18.1 Å². The second-order valence-corrected chi connectivity index (χ2v) is 9.78. The predicted octanol–water partition coefficient (Wildman–Crippen LogP) is 4.35. The molecule has 0 radical (unpaired) electrons. The minimum atomic E-state index is -3.43. The Morgan fingerprint density at radius 2 is 1.77 bits per heavy atom. The van der Waals surface area contributed by atoms with Gasteiger partial charge in [0.25, 0.3) is 0 Å². The molecule has 0 amide bonds. The van der Waals surface area contributed by atoms with Crippen molar-refractivity contribution in [3.63, 3.8) is 0 Å². The molecule has 0 fully saturated rings. The summed E-state index contributed by atoms with van der Waals surface area (Å²) in [5, 5.41) is 14.3. The van der Waals surface area contributed by atoms with Crippen LogP contribution in [0.15, 0.2) is 48.5 Å². The minimum Gasteiger partial charge on any atom is -0.391 e. The third-order valence-electron chi connectivity index (χ3n) is 4.00. The Labute approximate surface area is 164 Å². The molecule has 2 aromatic carbocycles. The first-order valence-electron chi connectivity index (χ1n) is 8.45. The molecule has 0 aliphatic carbocycles. The molecule has 0 saturated carbocycles. The van der Waals surface area contributed by atoms with Crippen LogP contribution in [0.2, 0.25) is 10.0 Å². The lowest BCUT2D eigenvalue weighted by Gasteiger charge is -2.20. The first-order chi connectivity index (χ1) is 12.2. The van der Waals surface area contributed by atoms with Crippen LogP contribution in [-0.4, -0.2) is 34.9 Å². The van der Waals surface area contributed by atoms with Crippen molar-refractivity contribution >= 4 is 30.6 Å². The maximum absolute atomic E-state index is 12.3. The van der Waals surface area contributed by atoms with Crippen LogP contribution in [0.5, 0.6) is 0 Å². The average Bonchev–Trinajstić information content (AvgIpc) is 2.56. The summed E-state index contributed by atoms with van der Waals surface area (Å²) in [6.45, 7) is 2.24. The summed E-state index contributed by atoms with van der Waals surface area (Å²) >= 11 is 11.9. The molecule has 3 N–H and O–H groups in total. The minimum absolute atomic E-state index is 0.0731. The Morgan fingerprint density at radius 1 is 1.08 bits per heavy atom. The van der Waals surface area contributed by atoms with Crippen molar-refractivity contribution in [1.82, 2.24) is 5.32 Å². The fraction of sp³-hybridized carbons (Fsp3) is 0.368. The van der Waals surface area contributed by atoms with Crippen molar-refractivity contribution in [2.75, 3.05) is 12.7 Å². The highest BCUT2D eigenvalue weighted by molar-refractivity contribution is 7.57. The standard InChI is InChI=1S/C19H24Cl2NO3P/c1-14(9-16-7-8-18(20)19(21)10-16)22-11-17(23)13-26(24,25)12-15-5-3-2-4-6-15/h2-8,10,14,17,22-23H,9,11-13H2,1H3,(H,24,25)/t14?,17-/m1/s1. The quantitative estimate of drug-likeness (QED) is 0.532. The zero-order chi connectivity index (χ0) is 19.2. The van der Waals surface area contributed by atoms with Gasteiger partial charge in [-0.15, -0.1) is 0 Å². The van der Waals surface area contributed by atoms with Gasteiger partial charge in [-0.25, -0.2) is 0 Å². The van der Waals surface area contributed by atoms with E-state index in [1.54, 1.807) is 6.07 Å². The fourth-order valence-corrected chi connectivity index (χ4v) is 4.78. The summed E-state index contributed by atoms with van der Waals surface area (Å²) < 4.78 is 12.3. The van der Waals surface area contributed by atoms with Gasteiger partial charge in [-0.2, -0.15) is 0 Å². The highest BCUT2D eigenvalue weighted by Crippen LogP contribution is 2.44. The normalized spacial score (nSPS) is 16.0. The lowest BCUT2D eigenvalue weighted by Crippen LogP contribution is -2.36. The SMILES string of the molecule is CC(Cc1ccc(Cl)c(Cl)c1)NC[C@@H](O)CP(=O)(O)Cc1ccccc1. The molecule has 0 spiro atoms. The molecule has 3 atom stereocenters. The largest absolute Gasteiger partial charge is 0.391 e. The zero-order valence-corrected chi connectivity index (χ0v) is 17.0. The topological polar surface area (TPSA) is 69.6 Å². The Morgan fingerprint density at radius 3 is 2.42 bits per heavy atom. The van der Waals surface area contributed by atoms with Crippen LogP contribution in [0.4, 0.5) is 0 Å². The van der Waals surface area contributed by atoms with Crippen molar-refractivity contribution in [2.45, 2.75) is 31.7 Å². The highest BCUT2D eigenvalue weighted by atomic mass is 35.5. The molecule has 26 heavy (non-hydrogen) atoms. The van der Waals surface area contributed by atoms with Crippen molar-refractivity contribution in [2.24, 2.45) is 0 Å². The smallest absolute Gasteiger partial charge is 0.207 e. The van der Waals surface area contributed by atoms with Gasteiger partial charge in [0.1, 0.15) is 0 Å². The second kappa shape index (κ2) is 9.89. The van der Waals surface area contributed by atoms with E-state index in [1.807, 2.05) is 49.4 Å². The van der Waals surface area contributed by atoms with Gasteiger partial charge in [-0.05, 0) is 36.6 Å². The number of aliphatic hydroxyl groups is 1. The molecule has 7 heteroatoms. The molecule has 2 aromatic rings. The Hall–Kier alpha value is -0.870. The van der Waals surface area contributed by atoms with Gasteiger partial charge in [-0.3, -0.25) is 4.57 Å². The lowest BCUT2D eigenvalue weighted by atomic mass is 10.1. The number of halogens is 2. The van der Waals surface area contributed by atoms with Crippen LogP contribution in [0.3, 0.4) is 0 Å².